The average Bonchev–Trinajstić information content (AvgIpc) is 2.06. The number of Topliss-reactive ketones (excluding diaryl/α,β-unsaturated/α-hetero) is 1. The van der Waals surface area contributed by atoms with Gasteiger partial charge in [0, 0.05) is 10.0 Å². The van der Waals surface area contributed by atoms with E-state index in [9.17, 15) is 18.0 Å². The Labute approximate surface area is 97.4 Å². The molecule has 0 amide bonds. The molecule has 0 aliphatic heterocycles. The van der Waals surface area contributed by atoms with Crippen molar-refractivity contribution in [3.05, 3.63) is 32.8 Å². The molecule has 0 aliphatic rings. The standard InChI is InChI=1S/C9H5BrClF3O/c1-4(15)5-2-7(10)6(3-8(5)11)9(12,13)14/h2-3H,1H3. The van der Waals surface area contributed by atoms with Gasteiger partial charge in [0.1, 0.15) is 0 Å². The summed E-state index contributed by atoms with van der Waals surface area (Å²) in [4.78, 5) is 11.0. The lowest BCUT2D eigenvalue weighted by atomic mass is 10.1. The van der Waals surface area contributed by atoms with Crippen LogP contribution in [0, 0.1) is 0 Å². The van der Waals surface area contributed by atoms with E-state index in [4.69, 9.17) is 11.6 Å². The quantitative estimate of drug-likeness (QED) is 0.706. The molecule has 15 heavy (non-hydrogen) atoms. The summed E-state index contributed by atoms with van der Waals surface area (Å²) in [7, 11) is 0. The summed E-state index contributed by atoms with van der Waals surface area (Å²) in [5.74, 6) is -0.380. The predicted octanol–water partition coefficient (Wildman–Crippen LogP) is 4.32. The van der Waals surface area contributed by atoms with E-state index >= 15 is 0 Å². The number of rotatable bonds is 1. The first-order valence-electron chi connectivity index (χ1n) is 3.80. The van der Waals surface area contributed by atoms with Gasteiger partial charge in [-0.2, -0.15) is 13.2 Å². The van der Waals surface area contributed by atoms with Crippen molar-refractivity contribution >= 4 is 33.3 Å². The molecule has 0 bridgehead atoms. The molecule has 0 fully saturated rings. The average molecular weight is 301 g/mol. The molecule has 0 atom stereocenters. The molecule has 1 aromatic rings. The minimum absolute atomic E-state index is 0.0662. The molecule has 1 aromatic carbocycles. The van der Waals surface area contributed by atoms with Crippen LogP contribution in [-0.4, -0.2) is 5.78 Å². The highest BCUT2D eigenvalue weighted by Crippen LogP contribution is 2.37. The molecule has 0 radical (unpaired) electrons. The van der Waals surface area contributed by atoms with Crippen LogP contribution in [0.1, 0.15) is 22.8 Å². The van der Waals surface area contributed by atoms with Crippen molar-refractivity contribution in [3.8, 4) is 0 Å². The molecule has 82 valence electrons. The Morgan fingerprint density at radius 1 is 1.40 bits per heavy atom. The van der Waals surface area contributed by atoms with E-state index in [-0.39, 0.29) is 20.8 Å². The largest absolute Gasteiger partial charge is 0.417 e. The SMILES string of the molecule is CC(=O)c1cc(Br)c(C(F)(F)F)cc1Cl. The lowest BCUT2D eigenvalue weighted by Gasteiger charge is -2.11. The zero-order valence-corrected chi connectivity index (χ0v) is 9.79. The van der Waals surface area contributed by atoms with Gasteiger partial charge in [-0.15, -0.1) is 0 Å². The summed E-state index contributed by atoms with van der Waals surface area (Å²) in [5, 5.41) is -0.196. The maximum atomic E-state index is 12.4. The maximum Gasteiger partial charge on any atom is 0.417 e. The molecule has 0 heterocycles. The van der Waals surface area contributed by atoms with E-state index in [1.165, 1.54) is 6.92 Å². The number of alkyl halides is 3. The molecule has 1 rings (SSSR count). The Morgan fingerprint density at radius 3 is 2.33 bits per heavy atom. The van der Waals surface area contributed by atoms with Crippen LogP contribution in [0.25, 0.3) is 0 Å². The molecule has 0 saturated heterocycles. The second kappa shape index (κ2) is 4.14. The van der Waals surface area contributed by atoms with Crippen LogP contribution < -0.4 is 0 Å². The highest BCUT2D eigenvalue weighted by Gasteiger charge is 2.33. The second-order valence-electron chi connectivity index (χ2n) is 2.87. The highest BCUT2D eigenvalue weighted by atomic mass is 79.9. The summed E-state index contributed by atoms with van der Waals surface area (Å²) in [5.41, 5.74) is -0.825. The summed E-state index contributed by atoms with van der Waals surface area (Å²) in [6.45, 7) is 1.24. The number of carbonyl (C=O) groups excluding carboxylic acids is 1. The van der Waals surface area contributed by atoms with Crippen LogP contribution in [0.2, 0.25) is 5.02 Å². The van der Waals surface area contributed by atoms with Gasteiger partial charge in [-0.1, -0.05) is 27.5 Å². The topological polar surface area (TPSA) is 17.1 Å². The summed E-state index contributed by atoms with van der Waals surface area (Å²) >= 11 is 8.32. The number of benzene rings is 1. The van der Waals surface area contributed by atoms with Crippen molar-refractivity contribution in [2.45, 2.75) is 13.1 Å². The van der Waals surface area contributed by atoms with Crippen molar-refractivity contribution in [1.29, 1.82) is 0 Å². The number of halogens is 5. The maximum absolute atomic E-state index is 12.4. The van der Waals surface area contributed by atoms with E-state index < -0.39 is 11.7 Å². The lowest BCUT2D eigenvalue weighted by Crippen LogP contribution is -2.07. The first-order valence-corrected chi connectivity index (χ1v) is 4.97. The van der Waals surface area contributed by atoms with E-state index in [1.54, 1.807) is 0 Å². The normalized spacial score (nSPS) is 11.6. The molecular formula is C9H5BrClF3O. The van der Waals surface area contributed by atoms with E-state index in [0.717, 1.165) is 12.1 Å². The van der Waals surface area contributed by atoms with Crippen LogP contribution in [0.3, 0.4) is 0 Å². The fraction of sp³-hybridized carbons (Fsp3) is 0.222. The first kappa shape index (κ1) is 12.5. The first-order chi connectivity index (χ1) is 6.73. The second-order valence-corrected chi connectivity index (χ2v) is 4.13. The molecule has 0 spiro atoms. The third-order valence-electron chi connectivity index (χ3n) is 1.74. The molecule has 0 aromatic heterocycles. The van der Waals surface area contributed by atoms with Crippen molar-refractivity contribution in [2.75, 3.05) is 0 Å². The smallest absolute Gasteiger partial charge is 0.294 e. The summed E-state index contributed by atoms with van der Waals surface area (Å²) < 4.78 is 37.0. The molecule has 0 unspecified atom stereocenters. The predicted molar refractivity (Wildman–Crippen MR) is 54.2 cm³/mol. The van der Waals surface area contributed by atoms with Gasteiger partial charge in [0.15, 0.2) is 5.78 Å². The molecule has 6 heteroatoms. The van der Waals surface area contributed by atoms with Gasteiger partial charge in [-0.3, -0.25) is 4.79 Å². The van der Waals surface area contributed by atoms with Crippen molar-refractivity contribution in [3.63, 3.8) is 0 Å². The number of ketones is 1. The van der Waals surface area contributed by atoms with Gasteiger partial charge in [-0.25, -0.2) is 0 Å². The molecule has 0 N–H and O–H groups in total. The molecule has 0 saturated carbocycles. The van der Waals surface area contributed by atoms with Crippen LogP contribution in [-0.2, 0) is 6.18 Å². The van der Waals surface area contributed by atoms with E-state index in [2.05, 4.69) is 15.9 Å². The lowest BCUT2D eigenvalue weighted by molar-refractivity contribution is -0.138. The number of hydrogen-bond donors (Lipinski definition) is 0. The van der Waals surface area contributed by atoms with Crippen LogP contribution in [0.15, 0.2) is 16.6 Å². The zero-order chi connectivity index (χ0) is 11.8. The molecule has 0 aliphatic carbocycles. The Bertz CT molecular complexity index is 415. The summed E-state index contributed by atoms with van der Waals surface area (Å²) in [6, 6.07) is 1.82. The molecule has 1 nitrogen and oxygen atoms in total. The van der Waals surface area contributed by atoms with Gasteiger partial charge >= 0.3 is 6.18 Å². The van der Waals surface area contributed by atoms with E-state index in [1.807, 2.05) is 0 Å². The van der Waals surface area contributed by atoms with Crippen molar-refractivity contribution in [2.24, 2.45) is 0 Å². The number of hydrogen-bond acceptors (Lipinski definition) is 1. The van der Waals surface area contributed by atoms with Crippen molar-refractivity contribution < 1.29 is 18.0 Å². The third kappa shape index (κ3) is 2.72. The Morgan fingerprint density at radius 2 is 1.93 bits per heavy atom. The highest BCUT2D eigenvalue weighted by molar-refractivity contribution is 9.10. The van der Waals surface area contributed by atoms with Gasteiger partial charge in [0.25, 0.3) is 0 Å². The molecular weight excluding hydrogens is 296 g/mol. The summed E-state index contributed by atoms with van der Waals surface area (Å²) in [6.07, 6.45) is -4.49. The van der Waals surface area contributed by atoms with Gasteiger partial charge in [0.2, 0.25) is 0 Å². The van der Waals surface area contributed by atoms with Gasteiger partial charge < -0.3 is 0 Å². The van der Waals surface area contributed by atoms with Gasteiger partial charge in [-0.05, 0) is 19.1 Å². The monoisotopic (exact) mass is 300 g/mol. The van der Waals surface area contributed by atoms with Crippen molar-refractivity contribution in [1.82, 2.24) is 0 Å². The fourth-order valence-electron chi connectivity index (χ4n) is 1.03. The zero-order valence-electron chi connectivity index (χ0n) is 7.45. The Kier molecular flexibility index (Phi) is 3.45. The van der Waals surface area contributed by atoms with Crippen LogP contribution in [0.5, 0.6) is 0 Å². The number of carbonyl (C=O) groups is 1. The van der Waals surface area contributed by atoms with E-state index in [0.29, 0.717) is 0 Å². The Hall–Kier alpha value is -0.550. The fourth-order valence-corrected chi connectivity index (χ4v) is 1.90. The van der Waals surface area contributed by atoms with Crippen LogP contribution in [0.4, 0.5) is 13.2 Å². The van der Waals surface area contributed by atoms with Crippen LogP contribution >= 0.6 is 27.5 Å². The minimum atomic E-state index is -4.49. The Balaban J connectivity index is 3.39. The van der Waals surface area contributed by atoms with Gasteiger partial charge in [0.05, 0.1) is 10.6 Å². The minimum Gasteiger partial charge on any atom is -0.294 e. The third-order valence-corrected chi connectivity index (χ3v) is 2.71.